The SMILES string of the molecule is COc1ccc(OCCN(C)C(=O)C2CNNC2c2ccccc2)cc1. The summed E-state index contributed by atoms with van der Waals surface area (Å²) in [6, 6.07) is 17.4. The Morgan fingerprint density at radius 3 is 2.50 bits per heavy atom. The Morgan fingerprint density at radius 1 is 1.12 bits per heavy atom. The van der Waals surface area contributed by atoms with Gasteiger partial charge in [-0.1, -0.05) is 30.3 Å². The molecule has 1 aliphatic rings. The zero-order valence-electron chi connectivity index (χ0n) is 15.1. The minimum Gasteiger partial charge on any atom is -0.497 e. The number of nitrogens with zero attached hydrogens (tertiary/aromatic N) is 1. The average molecular weight is 355 g/mol. The van der Waals surface area contributed by atoms with E-state index in [0.717, 1.165) is 17.1 Å². The third kappa shape index (κ3) is 4.33. The third-order valence-corrected chi connectivity index (χ3v) is 4.59. The summed E-state index contributed by atoms with van der Waals surface area (Å²) in [5.41, 5.74) is 7.43. The molecule has 1 aliphatic heterocycles. The minimum absolute atomic E-state index is 0.0198. The second kappa shape index (κ2) is 8.69. The minimum atomic E-state index is -0.136. The first-order chi connectivity index (χ1) is 12.7. The molecule has 0 bridgehead atoms. The number of hydrogen-bond acceptors (Lipinski definition) is 5. The van der Waals surface area contributed by atoms with Gasteiger partial charge in [0, 0.05) is 13.6 Å². The van der Waals surface area contributed by atoms with Gasteiger partial charge in [0.25, 0.3) is 0 Å². The van der Waals surface area contributed by atoms with Crippen LogP contribution in [0.5, 0.6) is 11.5 Å². The zero-order valence-corrected chi connectivity index (χ0v) is 15.1. The molecule has 1 saturated heterocycles. The van der Waals surface area contributed by atoms with Crippen LogP contribution in [0.15, 0.2) is 54.6 Å². The van der Waals surface area contributed by atoms with E-state index in [1.165, 1.54) is 0 Å². The fourth-order valence-electron chi connectivity index (χ4n) is 3.07. The van der Waals surface area contributed by atoms with Crippen molar-refractivity contribution in [1.82, 2.24) is 15.8 Å². The lowest BCUT2D eigenvalue weighted by molar-refractivity contribution is -0.134. The van der Waals surface area contributed by atoms with E-state index < -0.39 is 0 Å². The van der Waals surface area contributed by atoms with Crippen LogP contribution in [0.1, 0.15) is 11.6 Å². The van der Waals surface area contributed by atoms with Crippen molar-refractivity contribution < 1.29 is 14.3 Å². The quantitative estimate of drug-likeness (QED) is 0.795. The Bertz CT molecular complexity index is 706. The molecule has 2 unspecified atom stereocenters. The molecule has 2 aromatic rings. The average Bonchev–Trinajstić information content (AvgIpc) is 3.18. The van der Waals surface area contributed by atoms with Gasteiger partial charge in [-0.05, 0) is 29.8 Å². The van der Waals surface area contributed by atoms with E-state index >= 15 is 0 Å². The number of benzene rings is 2. The van der Waals surface area contributed by atoms with Gasteiger partial charge >= 0.3 is 0 Å². The number of amides is 1. The van der Waals surface area contributed by atoms with Crippen molar-refractivity contribution in [3.8, 4) is 11.5 Å². The smallest absolute Gasteiger partial charge is 0.228 e. The van der Waals surface area contributed by atoms with Crippen LogP contribution in [0.4, 0.5) is 0 Å². The van der Waals surface area contributed by atoms with Crippen LogP contribution < -0.4 is 20.3 Å². The topological polar surface area (TPSA) is 62.8 Å². The number of ether oxygens (including phenoxy) is 2. The first-order valence-electron chi connectivity index (χ1n) is 8.74. The Hall–Kier alpha value is -2.57. The summed E-state index contributed by atoms with van der Waals surface area (Å²) >= 11 is 0. The predicted octanol–water partition coefficient (Wildman–Crippen LogP) is 2.00. The summed E-state index contributed by atoms with van der Waals surface area (Å²) < 4.78 is 10.8. The number of hydrogen-bond donors (Lipinski definition) is 2. The van der Waals surface area contributed by atoms with Crippen LogP contribution >= 0.6 is 0 Å². The van der Waals surface area contributed by atoms with Gasteiger partial charge in [-0.2, -0.15) is 0 Å². The fraction of sp³-hybridized carbons (Fsp3) is 0.350. The number of likely N-dealkylation sites (N-methyl/N-ethyl adjacent to an activating group) is 1. The van der Waals surface area contributed by atoms with Gasteiger partial charge in [0.05, 0.1) is 25.6 Å². The highest BCUT2D eigenvalue weighted by molar-refractivity contribution is 5.80. The van der Waals surface area contributed by atoms with Crippen LogP contribution in [0, 0.1) is 5.92 Å². The maximum atomic E-state index is 12.8. The van der Waals surface area contributed by atoms with Gasteiger partial charge in [-0.15, -0.1) is 0 Å². The van der Waals surface area contributed by atoms with Crippen molar-refractivity contribution in [3.63, 3.8) is 0 Å². The molecule has 0 spiro atoms. The van der Waals surface area contributed by atoms with Crippen LogP contribution in [0.2, 0.25) is 0 Å². The summed E-state index contributed by atoms with van der Waals surface area (Å²) in [5, 5.41) is 0. The second-order valence-electron chi connectivity index (χ2n) is 6.30. The summed E-state index contributed by atoms with van der Waals surface area (Å²) in [5.74, 6) is 1.52. The van der Waals surface area contributed by atoms with Gasteiger partial charge in [0.2, 0.25) is 5.91 Å². The Balaban J connectivity index is 1.52. The summed E-state index contributed by atoms with van der Waals surface area (Å²) in [4.78, 5) is 14.6. The lowest BCUT2D eigenvalue weighted by Gasteiger charge is -2.24. The molecular weight excluding hydrogens is 330 g/mol. The molecule has 26 heavy (non-hydrogen) atoms. The van der Waals surface area contributed by atoms with Crippen molar-refractivity contribution in [2.75, 3.05) is 33.9 Å². The normalized spacial score (nSPS) is 19.2. The molecule has 6 heteroatoms. The van der Waals surface area contributed by atoms with E-state index in [1.54, 1.807) is 12.0 Å². The van der Waals surface area contributed by atoms with Gasteiger partial charge in [-0.25, -0.2) is 5.43 Å². The van der Waals surface area contributed by atoms with Gasteiger partial charge in [0.15, 0.2) is 0 Å². The van der Waals surface area contributed by atoms with Crippen LogP contribution in [-0.2, 0) is 4.79 Å². The van der Waals surface area contributed by atoms with E-state index in [0.29, 0.717) is 19.7 Å². The number of carbonyl (C=O) groups is 1. The summed E-state index contributed by atoms with van der Waals surface area (Å²) in [7, 11) is 3.45. The predicted molar refractivity (Wildman–Crippen MR) is 99.9 cm³/mol. The first-order valence-corrected chi connectivity index (χ1v) is 8.74. The molecule has 3 rings (SSSR count). The molecule has 6 nitrogen and oxygen atoms in total. The largest absolute Gasteiger partial charge is 0.497 e. The number of carbonyl (C=O) groups excluding carboxylic acids is 1. The van der Waals surface area contributed by atoms with E-state index in [1.807, 2.05) is 61.6 Å². The molecule has 1 amide bonds. The molecular formula is C20H25N3O3. The fourth-order valence-corrected chi connectivity index (χ4v) is 3.07. The maximum Gasteiger partial charge on any atom is 0.228 e. The van der Waals surface area contributed by atoms with E-state index in [-0.39, 0.29) is 17.9 Å². The van der Waals surface area contributed by atoms with Crippen LogP contribution in [0.3, 0.4) is 0 Å². The van der Waals surface area contributed by atoms with Gasteiger partial charge < -0.3 is 14.4 Å². The van der Waals surface area contributed by atoms with E-state index in [4.69, 9.17) is 9.47 Å². The van der Waals surface area contributed by atoms with Gasteiger partial charge in [-0.3, -0.25) is 10.2 Å². The van der Waals surface area contributed by atoms with E-state index in [9.17, 15) is 4.79 Å². The number of nitrogens with one attached hydrogen (secondary N) is 2. The molecule has 2 atom stereocenters. The second-order valence-corrected chi connectivity index (χ2v) is 6.30. The third-order valence-electron chi connectivity index (χ3n) is 4.59. The lowest BCUT2D eigenvalue weighted by atomic mass is 9.94. The highest BCUT2D eigenvalue weighted by atomic mass is 16.5. The van der Waals surface area contributed by atoms with E-state index in [2.05, 4.69) is 10.9 Å². The Labute approximate surface area is 154 Å². The standard InChI is InChI=1S/C20H25N3O3/c1-23(12-13-26-17-10-8-16(25-2)9-11-17)20(24)18-14-21-22-19(18)15-6-4-3-5-7-15/h3-11,18-19,21-22H,12-14H2,1-2H3. The van der Waals surface area contributed by atoms with Crippen LogP contribution in [-0.4, -0.2) is 44.7 Å². The monoisotopic (exact) mass is 355 g/mol. The molecule has 2 N–H and O–H groups in total. The van der Waals surface area contributed by atoms with Crippen molar-refractivity contribution in [3.05, 3.63) is 60.2 Å². The molecule has 0 radical (unpaired) electrons. The summed E-state index contributed by atoms with van der Waals surface area (Å²) in [6.45, 7) is 1.59. The highest BCUT2D eigenvalue weighted by Gasteiger charge is 2.35. The maximum absolute atomic E-state index is 12.8. The number of rotatable bonds is 7. The molecule has 0 aliphatic carbocycles. The summed E-state index contributed by atoms with van der Waals surface area (Å²) in [6.07, 6.45) is 0. The zero-order chi connectivity index (χ0) is 18.4. The molecule has 0 saturated carbocycles. The molecule has 1 heterocycles. The van der Waals surface area contributed by atoms with Crippen molar-refractivity contribution in [1.29, 1.82) is 0 Å². The Kier molecular flexibility index (Phi) is 6.09. The Morgan fingerprint density at radius 2 is 1.81 bits per heavy atom. The molecule has 0 aromatic heterocycles. The van der Waals surface area contributed by atoms with Crippen LogP contribution in [0.25, 0.3) is 0 Å². The molecule has 138 valence electrons. The van der Waals surface area contributed by atoms with Crippen molar-refractivity contribution in [2.45, 2.75) is 6.04 Å². The first kappa shape index (κ1) is 18.2. The lowest BCUT2D eigenvalue weighted by Crippen LogP contribution is -2.38. The van der Waals surface area contributed by atoms with Gasteiger partial charge in [0.1, 0.15) is 18.1 Å². The highest BCUT2D eigenvalue weighted by Crippen LogP contribution is 2.26. The van der Waals surface area contributed by atoms with Crippen molar-refractivity contribution >= 4 is 5.91 Å². The molecule has 2 aromatic carbocycles. The van der Waals surface area contributed by atoms with Crippen molar-refractivity contribution in [2.24, 2.45) is 5.92 Å². The molecule has 1 fully saturated rings. The number of hydrazine groups is 1. The number of methoxy groups -OCH3 is 1.